The lowest BCUT2D eigenvalue weighted by Crippen LogP contribution is -2.38. The highest BCUT2D eigenvalue weighted by Gasteiger charge is 2.30. The zero-order chi connectivity index (χ0) is 12.9. The molecule has 17 heavy (non-hydrogen) atoms. The Morgan fingerprint density at radius 3 is 2.71 bits per heavy atom. The lowest BCUT2D eigenvalue weighted by atomic mass is 10.4. The molecule has 1 unspecified atom stereocenters. The van der Waals surface area contributed by atoms with Crippen LogP contribution >= 0.6 is 0 Å². The van der Waals surface area contributed by atoms with Gasteiger partial charge in [-0.1, -0.05) is 13.0 Å². The summed E-state index contributed by atoms with van der Waals surface area (Å²) in [6.07, 6.45) is 2.16. The molecule has 0 spiro atoms. The van der Waals surface area contributed by atoms with Crippen molar-refractivity contribution >= 4 is 15.7 Å². The van der Waals surface area contributed by atoms with Gasteiger partial charge < -0.3 is 5.32 Å². The Bertz CT molecular complexity index is 471. The maximum atomic E-state index is 12.0. The normalized spacial score (nSPS) is 13.1. The molecule has 0 bridgehead atoms. The van der Waals surface area contributed by atoms with Crippen LogP contribution in [0.3, 0.4) is 0 Å². The van der Waals surface area contributed by atoms with E-state index in [2.05, 4.69) is 10.3 Å². The Morgan fingerprint density at radius 1 is 1.47 bits per heavy atom. The van der Waals surface area contributed by atoms with Crippen LogP contribution in [0, 0.1) is 0 Å². The molecule has 0 radical (unpaired) electrons. The van der Waals surface area contributed by atoms with Crippen molar-refractivity contribution in [3.63, 3.8) is 0 Å². The molecule has 6 heteroatoms. The van der Waals surface area contributed by atoms with Crippen molar-refractivity contribution < 1.29 is 13.2 Å². The van der Waals surface area contributed by atoms with Gasteiger partial charge in [-0.05, 0) is 25.5 Å². The number of pyridine rings is 1. The number of rotatable bonds is 5. The van der Waals surface area contributed by atoms with Gasteiger partial charge >= 0.3 is 0 Å². The lowest BCUT2D eigenvalue weighted by Gasteiger charge is -2.12. The van der Waals surface area contributed by atoms with E-state index in [4.69, 9.17) is 0 Å². The molecule has 0 saturated heterocycles. The topological polar surface area (TPSA) is 76.1 Å². The largest absolute Gasteiger partial charge is 0.355 e. The van der Waals surface area contributed by atoms with Gasteiger partial charge in [0.2, 0.25) is 15.7 Å². The zero-order valence-electron chi connectivity index (χ0n) is 9.88. The average Bonchev–Trinajstić information content (AvgIpc) is 2.36. The van der Waals surface area contributed by atoms with Gasteiger partial charge in [0.05, 0.1) is 0 Å². The molecule has 1 aromatic rings. The lowest BCUT2D eigenvalue weighted by molar-refractivity contribution is -0.120. The third-order valence-corrected chi connectivity index (χ3v) is 4.28. The van der Waals surface area contributed by atoms with E-state index >= 15 is 0 Å². The Morgan fingerprint density at radius 2 is 2.18 bits per heavy atom. The van der Waals surface area contributed by atoms with Crippen molar-refractivity contribution in [3.05, 3.63) is 24.4 Å². The monoisotopic (exact) mass is 256 g/mol. The molecule has 94 valence electrons. The number of amides is 1. The quantitative estimate of drug-likeness (QED) is 0.844. The summed E-state index contributed by atoms with van der Waals surface area (Å²) in [7, 11) is -3.69. The van der Waals surface area contributed by atoms with Gasteiger partial charge in [-0.3, -0.25) is 4.79 Å². The molecule has 0 aliphatic carbocycles. The second-order valence-electron chi connectivity index (χ2n) is 3.65. The van der Waals surface area contributed by atoms with E-state index in [1.54, 1.807) is 12.1 Å². The Balaban J connectivity index is 2.88. The maximum absolute atomic E-state index is 12.0. The summed E-state index contributed by atoms with van der Waals surface area (Å²) in [4.78, 5) is 15.4. The summed E-state index contributed by atoms with van der Waals surface area (Å²) < 4.78 is 24.0. The SMILES string of the molecule is CCCNC(=O)C(C)S(=O)(=O)c1ccccn1. The molecule has 0 aliphatic rings. The number of sulfone groups is 1. The fourth-order valence-corrected chi connectivity index (χ4v) is 2.43. The smallest absolute Gasteiger partial charge is 0.238 e. The van der Waals surface area contributed by atoms with Gasteiger partial charge in [0, 0.05) is 12.7 Å². The first-order valence-electron chi connectivity index (χ1n) is 5.42. The first-order chi connectivity index (χ1) is 8.00. The second kappa shape index (κ2) is 5.77. The number of nitrogens with zero attached hydrogens (tertiary/aromatic N) is 1. The summed E-state index contributed by atoms with van der Waals surface area (Å²) in [6, 6.07) is 4.59. The van der Waals surface area contributed by atoms with E-state index in [0.717, 1.165) is 6.42 Å². The third-order valence-electron chi connectivity index (χ3n) is 2.31. The number of nitrogens with one attached hydrogen (secondary N) is 1. The first-order valence-corrected chi connectivity index (χ1v) is 6.97. The van der Waals surface area contributed by atoms with Gasteiger partial charge in [-0.15, -0.1) is 0 Å². The summed E-state index contributed by atoms with van der Waals surface area (Å²) in [5.74, 6) is -0.488. The zero-order valence-corrected chi connectivity index (χ0v) is 10.7. The molecule has 1 heterocycles. The first kappa shape index (κ1) is 13.6. The highest BCUT2D eigenvalue weighted by atomic mass is 32.2. The molecule has 1 aromatic heterocycles. The molecule has 0 fully saturated rings. The summed E-state index contributed by atoms with van der Waals surface area (Å²) in [6.45, 7) is 3.74. The highest BCUT2D eigenvalue weighted by Crippen LogP contribution is 2.12. The van der Waals surface area contributed by atoms with Crippen molar-refractivity contribution in [2.24, 2.45) is 0 Å². The van der Waals surface area contributed by atoms with Crippen LogP contribution in [-0.2, 0) is 14.6 Å². The summed E-state index contributed by atoms with van der Waals surface area (Å²) >= 11 is 0. The molecule has 0 saturated carbocycles. The summed E-state index contributed by atoms with van der Waals surface area (Å²) in [5, 5.41) is 1.37. The maximum Gasteiger partial charge on any atom is 0.238 e. The van der Waals surface area contributed by atoms with E-state index in [1.807, 2.05) is 6.92 Å². The Hall–Kier alpha value is -1.43. The molecule has 1 amide bonds. The van der Waals surface area contributed by atoms with Crippen LogP contribution in [0.5, 0.6) is 0 Å². The number of carbonyl (C=O) groups excluding carboxylic acids is 1. The fraction of sp³-hybridized carbons (Fsp3) is 0.455. The molecule has 0 aromatic carbocycles. The number of carbonyl (C=O) groups is 1. The van der Waals surface area contributed by atoms with Gasteiger partial charge in [0.25, 0.3) is 0 Å². The van der Waals surface area contributed by atoms with E-state index in [-0.39, 0.29) is 5.03 Å². The van der Waals surface area contributed by atoms with Gasteiger partial charge in [0.1, 0.15) is 5.25 Å². The fourth-order valence-electron chi connectivity index (χ4n) is 1.23. The van der Waals surface area contributed by atoms with Crippen LogP contribution in [0.1, 0.15) is 20.3 Å². The van der Waals surface area contributed by atoms with Crippen LogP contribution in [-0.4, -0.2) is 31.1 Å². The average molecular weight is 256 g/mol. The van der Waals surface area contributed by atoms with E-state index in [1.165, 1.54) is 19.2 Å². The van der Waals surface area contributed by atoms with Gasteiger partial charge in [-0.2, -0.15) is 0 Å². The third kappa shape index (κ3) is 3.26. The van der Waals surface area contributed by atoms with Crippen molar-refractivity contribution in [3.8, 4) is 0 Å². The summed E-state index contributed by atoms with van der Waals surface area (Å²) in [5.41, 5.74) is 0. The van der Waals surface area contributed by atoms with Crippen LogP contribution in [0.4, 0.5) is 0 Å². The van der Waals surface area contributed by atoms with Crippen molar-refractivity contribution in [2.45, 2.75) is 30.5 Å². The highest BCUT2D eigenvalue weighted by molar-refractivity contribution is 7.92. The van der Waals surface area contributed by atoms with Gasteiger partial charge in [-0.25, -0.2) is 13.4 Å². The molecular formula is C11H16N2O3S. The predicted octanol–water partition coefficient (Wildman–Crippen LogP) is 0.770. The predicted molar refractivity (Wildman–Crippen MR) is 64.2 cm³/mol. The van der Waals surface area contributed by atoms with Crippen LogP contribution < -0.4 is 5.32 Å². The van der Waals surface area contributed by atoms with Crippen molar-refractivity contribution in [1.82, 2.24) is 10.3 Å². The number of aromatic nitrogens is 1. The molecule has 5 nitrogen and oxygen atoms in total. The minimum Gasteiger partial charge on any atom is -0.355 e. The molecule has 1 rings (SSSR count). The van der Waals surface area contributed by atoms with Gasteiger partial charge in [0.15, 0.2) is 5.03 Å². The van der Waals surface area contributed by atoms with Crippen molar-refractivity contribution in [2.75, 3.05) is 6.54 Å². The van der Waals surface area contributed by atoms with Crippen molar-refractivity contribution in [1.29, 1.82) is 0 Å². The number of hydrogen-bond acceptors (Lipinski definition) is 4. The van der Waals surface area contributed by atoms with Crippen LogP contribution in [0.25, 0.3) is 0 Å². The second-order valence-corrected chi connectivity index (χ2v) is 5.86. The van der Waals surface area contributed by atoms with E-state index in [0.29, 0.717) is 6.54 Å². The molecule has 1 atom stereocenters. The minimum absolute atomic E-state index is 0.0702. The Labute approximate surface area is 101 Å². The molecular weight excluding hydrogens is 240 g/mol. The molecule has 0 aliphatic heterocycles. The standard InChI is InChI=1S/C11H16N2O3S/c1-3-7-13-11(14)9(2)17(15,16)10-6-4-5-8-12-10/h4-6,8-9H,3,7H2,1-2H3,(H,13,14). The van der Waals surface area contributed by atoms with Crippen LogP contribution in [0.15, 0.2) is 29.4 Å². The van der Waals surface area contributed by atoms with E-state index < -0.39 is 21.0 Å². The molecule has 1 N–H and O–H groups in total. The Kier molecular flexibility index (Phi) is 4.62. The number of hydrogen-bond donors (Lipinski definition) is 1. The van der Waals surface area contributed by atoms with Crippen LogP contribution in [0.2, 0.25) is 0 Å². The van der Waals surface area contributed by atoms with E-state index in [9.17, 15) is 13.2 Å². The minimum atomic E-state index is -3.69.